The molecule has 1 aromatic heterocycles. The van der Waals surface area contributed by atoms with Crippen LogP contribution in [0.2, 0.25) is 0 Å². The Hall–Kier alpha value is -1.05. The van der Waals surface area contributed by atoms with Crippen molar-refractivity contribution < 1.29 is 14.2 Å². The number of nitrogens with one attached hydrogen (secondary N) is 1. The van der Waals surface area contributed by atoms with Gasteiger partial charge in [0.05, 0.1) is 6.10 Å². The molecule has 0 spiro atoms. The van der Waals surface area contributed by atoms with Crippen molar-refractivity contribution in [2.75, 3.05) is 7.11 Å². The van der Waals surface area contributed by atoms with E-state index in [4.69, 9.17) is 9.26 Å². The van der Waals surface area contributed by atoms with Gasteiger partial charge in [0.25, 0.3) is 14.1 Å². The standard InChI is InChI=1S/C9H12N2O3.C7H18NO2P.C2H6/c1-6-2-3-8(14-6)11-5-4-7(12)10-9(11)13;1-6(2)8(7(3)4)11(9)10-5;1-2/h4-6,8H,2-3H2,1H3,(H,10,12,13);6-7,9H,1-5H3;1-2H3. The van der Waals surface area contributed by atoms with E-state index in [0.717, 1.165) is 12.8 Å². The van der Waals surface area contributed by atoms with Crippen LogP contribution in [-0.4, -0.2) is 44.4 Å². The summed E-state index contributed by atoms with van der Waals surface area (Å²) in [4.78, 5) is 33.8. The lowest BCUT2D eigenvalue weighted by atomic mass is 10.2. The van der Waals surface area contributed by atoms with Crippen LogP contribution >= 0.6 is 8.53 Å². The van der Waals surface area contributed by atoms with E-state index in [0.29, 0.717) is 12.1 Å². The second kappa shape index (κ2) is 13.2. The van der Waals surface area contributed by atoms with Gasteiger partial charge < -0.3 is 14.2 Å². The van der Waals surface area contributed by atoms with Gasteiger partial charge in [0, 0.05) is 31.5 Å². The number of rotatable bonds is 5. The fourth-order valence-corrected chi connectivity index (χ4v) is 3.70. The lowest BCUT2D eigenvalue weighted by Gasteiger charge is -2.31. The zero-order chi connectivity index (χ0) is 21.1. The maximum absolute atomic E-state index is 11.4. The van der Waals surface area contributed by atoms with Gasteiger partial charge in [-0.1, -0.05) is 13.8 Å². The van der Waals surface area contributed by atoms with Gasteiger partial charge in [-0.2, -0.15) is 0 Å². The predicted molar refractivity (Wildman–Crippen MR) is 110 cm³/mol. The van der Waals surface area contributed by atoms with Gasteiger partial charge in [0.1, 0.15) is 6.23 Å². The predicted octanol–water partition coefficient (Wildman–Crippen LogP) is 3.23. The Bertz CT molecular complexity index is 624. The first-order valence-corrected chi connectivity index (χ1v) is 10.6. The molecule has 1 aliphatic rings. The van der Waals surface area contributed by atoms with Gasteiger partial charge in [-0.25, -0.2) is 9.46 Å². The maximum atomic E-state index is 11.4. The van der Waals surface area contributed by atoms with Crippen molar-refractivity contribution >= 4 is 8.53 Å². The van der Waals surface area contributed by atoms with Crippen molar-refractivity contribution in [2.45, 2.75) is 85.7 Å². The summed E-state index contributed by atoms with van der Waals surface area (Å²) in [5.41, 5.74) is -0.783. The lowest BCUT2D eigenvalue weighted by Crippen LogP contribution is -2.32. The third-order valence-electron chi connectivity index (χ3n) is 3.79. The molecule has 1 fully saturated rings. The van der Waals surface area contributed by atoms with Crippen molar-refractivity contribution in [3.05, 3.63) is 33.1 Å². The fourth-order valence-electron chi connectivity index (χ4n) is 2.73. The molecule has 1 saturated heterocycles. The quantitative estimate of drug-likeness (QED) is 0.730. The van der Waals surface area contributed by atoms with E-state index in [9.17, 15) is 14.5 Å². The molecule has 0 aliphatic carbocycles. The van der Waals surface area contributed by atoms with Crippen LogP contribution in [0.3, 0.4) is 0 Å². The highest BCUT2D eigenvalue weighted by Gasteiger charge is 2.24. The highest BCUT2D eigenvalue weighted by Crippen LogP contribution is 2.39. The van der Waals surface area contributed by atoms with Crippen LogP contribution in [0.25, 0.3) is 0 Å². The number of aromatic nitrogens is 2. The summed E-state index contributed by atoms with van der Waals surface area (Å²) in [5, 5.41) is 0. The Kier molecular flexibility index (Phi) is 12.7. The normalized spacial score (nSPS) is 20.1. The highest BCUT2D eigenvalue weighted by atomic mass is 31.2. The maximum Gasteiger partial charge on any atom is 0.330 e. The largest absolute Gasteiger partial charge is 0.355 e. The van der Waals surface area contributed by atoms with E-state index in [2.05, 4.69) is 4.98 Å². The van der Waals surface area contributed by atoms with Gasteiger partial charge >= 0.3 is 5.69 Å². The number of hydrogen-bond acceptors (Lipinski definition) is 6. The summed E-state index contributed by atoms with van der Waals surface area (Å²) in [6, 6.07) is 1.98. The second-order valence-corrected chi connectivity index (χ2v) is 7.83. The summed E-state index contributed by atoms with van der Waals surface area (Å²) >= 11 is 0. The molecular weight excluding hydrogens is 369 g/mol. The van der Waals surface area contributed by atoms with Gasteiger partial charge in [-0.15, -0.1) is 0 Å². The summed E-state index contributed by atoms with van der Waals surface area (Å²) in [6.45, 7) is 14.2. The topological polar surface area (TPSA) is 96.8 Å². The molecule has 1 aromatic rings. The van der Waals surface area contributed by atoms with E-state index >= 15 is 0 Å². The molecular formula is C18H36N3O5P. The summed E-state index contributed by atoms with van der Waals surface area (Å²) in [5.74, 6) is 0. The van der Waals surface area contributed by atoms with Crippen LogP contribution in [0.5, 0.6) is 0 Å². The van der Waals surface area contributed by atoms with E-state index in [1.54, 1.807) is 0 Å². The molecule has 9 heteroatoms. The molecule has 0 bridgehead atoms. The Morgan fingerprint density at radius 3 is 2.15 bits per heavy atom. The van der Waals surface area contributed by atoms with Gasteiger partial charge in [0.15, 0.2) is 0 Å². The van der Waals surface area contributed by atoms with Crippen LogP contribution in [0.1, 0.15) is 67.5 Å². The number of H-pyrrole nitrogens is 1. The molecule has 2 N–H and O–H groups in total. The van der Waals surface area contributed by atoms with E-state index in [1.165, 1.54) is 23.9 Å². The molecule has 2 heterocycles. The van der Waals surface area contributed by atoms with Crippen molar-refractivity contribution in [1.29, 1.82) is 0 Å². The van der Waals surface area contributed by atoms with Crippen LogP contribution in [0.15, 0.2) is 21.9 Å². The minimum atomic E-state index is -1.39. The van der Waals surface area contributed by atoms with E-state index < -0.39 is 14.2 Å². The summed E-state index contributed by atoms with van der Waals surface area (Å²) in [6.07, 6.45) is 3.18. The third-order valence-corrected chi connectivity index (χ3v) is 5.44. The minimum Gasteiger partial charge on any atom is -0.355 e. The van der Waals surface area contributed by atoms with E-state index in [1.807, 2.05) is 53.1 Å². The van der Waals surface area contributed by atoms with Gasteiger partial charge in [-0.05, 0) is 47.5 Å². The fraction of sp³-hybridized carbons (Fsp3) is 0.778. The second-order valence-electron chi connectivity index (χ2n) is 6.50. The average molecular weight is 405 g/mol. The molecule has 0 radical (unpaired) electrons. The van der Waals surface area contributed by atoms with Gasteiger partial charge in [0.2, 0.25) is 0 Å². The SMILES string of the molecule is CC.CC1CCC(n2ccc(=O)[nH]c2=O)O1.COP(O)N(C(C)C)C(C)C. The molecule has 3 unspecified atom stereocenters. The zero-order valence-electron chi connectivity index (χ0n) is 17.8. The van der Waals surface area contributed by atoms with Crippen LogP contribution < -0.4 is 11.2 Å². The molecule has 8 nitrogen and oxygen atoms in total. The first-order valence-electron chi connectivity index (χ1n) is 9.45. The Balaban J connectivity index is 0.000000473. The molecule has 0 amide bonds. The first kappa shape index (κ1) is 26.0. The zero-order valence-corrected chi connectivity index (χ0v) is 18.7. The number of hydrogen-bond donors (Lipinski definition) is 2. The summed E-state index contributed by atoms with van der Waals surface area (Å²) < 4.78 is 13.8. The van der Waals surface area contributed by atoms with Gasteiger partial charge in [-0.3, -0.25) is 14.3 Å². The molecule has 27 heavy (non-hydrogen) atoms. The molecule has 1 aliphatic heterocycles. The van der Waals surface area contributed by atoms with E-state index in [-0.39, 0.29) is 17.9 Å². The molecule has 0 aromatic carbocycles. The Morgan fingerprint density at radius 2 is 1.81 bits per heavy atom. The average Bonchev–Trinajstić information content (AvgIpc) is 3.02. The number of ether oxygens (including phenoxy) is 1. The number of aromatic amines is 1. The van der Waals surface area contributed by atoms with Crippen molar-refractivity contribution in [2.24, 2.45) is 0 Å². The highest BCUT2D eigenvalue weighted by molar-refractivity contribution is 7.43. The monoisotopic (exact) mass is 405 g/mol. The number of nitrogens with zero attached hydrogens (tertiary/aromatic N) is 2. The molecule has 0 saturated carbocycles. The van der Waals surface area contributed by atoms with Crippen LogP contribution in [-0.2, 0) is 9.26 Å². The Morgan fingerprint density at radius 1 is 1.26 bits per heavy atom. The minimum absolute atomic E-state index is 0.179. The summed E-state index contributed by atoms with van der Waals surface area (Å²) in [7, 11) is 0.144. The molecule has 3 atom stereocenters. The smallest absolute Gasteiger partial charge is 0.330 e. The van der Waals surface area contributed by atoms with Crippen LogP contribution in [0.4, 0.5) is 0 Å². The third kappa shape index (κ3) is 8.66. The molecule has 158 valence electrons. The Labute approximate surface area is 163 Å². The van der Waals surface area contributed by atoms with Crippen molar-refractivity contribution in [3.8, 4) is 0 Å². The van der Waals surface area contributed by atoms with Crippen LogP contribution in [0, 0.1) is 0 Å². The van der Waals surface area contributed by atoms with Crippen molar-refractivity contribution in [1.82, 2.24) is 14.2 Å². The first-order chi connectivity index (χ1) is 12.7. The van der Waals surface area contributed by atoms with Crippen molar-refractivity contribution in [3.63, 3.8) is 0 Å². The molecule has 2 rings (SSSR count). The lowest BCUT2D eigenvalue weighted by molar-refractivity contribution is 0.00792.